The fourth-order valence-corrected chi connectivity index (χ4v) is 1.76. The van der Waals surface area contributed by atoms with E-state index in [0.717, 1.165) is 0 Å². The van der Waals surface area contributed by atoms with Crippen LogP contribution in [0.2, 0.25) is 0 Å². The number of halogens is 3. The second kappa shape index (κ2) is 8.25. The molecule has 23 heavy (non-hydrogen) atoms. The lowest BCUT2D eigenvalue weighted by Crippen LogP contribution is -2.38. The Hall–Kier alpha value is -2.45. The third-order valence-corrected chi connectivity index (χ3v) is 2.84. The Bertz CT molecular complexity index is 539. The Balaban J connectivity index is 2.51. The monoisotopic (exact) mass is 334 g/mol. The second-order valence-corrected chi connectivity index (χ2v) is 4.40. The summed E-state index contributed by atoms with van der Waals surface area (Å²) in [5.74, 6) is -1.86. The van der Waals surface area contributed by atoms with Crippen LogP contribution in [0.4, 0.5) is 13.2 Å². The van der Waals surface area contributed by atoms with Crippen molar-refractivity contribution in [3.63, 3.8) is 0 Å². The summed E-state index contributed by atoms with van der Waals surface area (Å²) < 4.78 is 46.1. The van der Waals surface area contributed by atoms with Crippen LogP contribution in [0.1, 0.15) is 16.8 Å². The molecule has 0 aliphatic heterocycles. The number of methoxy groups -OCH3 is 2. The SMILES string of the molecule is COc1cccc(OC)c1C(=O)NCCCNC(=O)C(F)(F)F. The molecule has 1 aromatic rings. The molecule has 1 rings (SSSR count). The van der Waals surface area contributed by atoms with Crippen molar-refractivity contribution >= 4 is 11.8 Å². The lowest BCUT2D eigenvalue weighted by atomic mass is 10.1. The van der Waals surface area contributed by atoms with E-state index in [9.17, 15) is 22.8 Å². The smallest absolute Gasteiger partial charge is 0.471 e. The molecule has 0 bridgehead atoms. The van der Waals surface area contributed by atoms with Crippen molar-refractivity contribution in [2.24, 2.45) is 0 Å². The fraction of sp³-hybridized carbons (Fsp3) is 0.429. The van der Waals surface area contributed by atoms with Crippen LogP contribution in [-0.2, 0) is 4.79 Å². The molecule has 2 N–H and O–H groups in total. The highest BCUT2D eigenvalue weighted by atomic mass is 19.4. The van der Waals surface area contributed by atoms with Crippen molar-refractivity contribution in [3.05, 3.63) is 23.8 Å². The number of ether oxygens (including phenoxy) is 2. The first kappa shape index (κ1) is 18.6. The van der Waals surface area contributed by atoms with E-state index in [2.05, 4.69) is 5.32 Å². The Labute approximate surface area is 130 Å². The summed E-state index contributed by atoms with van der Waals surface area (Å²) in [4.78, 5) is 22.7. The third-order valence-electron chi connectivity index (χ3n) is 2.84. The molecule has 2 amide bonds. The maximum atomic E-state index is 12.1. The van der Waals surface area contributed by atoms with Crippen molar-refractivity contribution in [2.75, 3.05) is 27.3 Å². The van der Waals surface area contributed by atoms with Crippen LogP contribution in [0.5, 0.6) is 11.5 Å². The molecule has 0 aliphatic rings. The van der Waals surface area contributed by atoms with Gasteiger partial charge >= 0.3 is 12.1 Å². The Morgan fingerprint density at radius 3 is 2.04 bits per heavy atom. The van der Waals surface area contributed by atoms with Gasteiger partial charge in [0, 0.05) is 13.1 Å². The van der Waals surface area contributed by atoms with Crippen molar-refractivity contribution < 1.29 is 32.2 Å². The Morgan fingerprint density at radius 1 is 1.04 bits per heavy atom. The molecule has 0 fully saturated rings. The quantitative estimate of drug-likeness (QED) is 0.741. The molecular weight excluding hydrogens is 317 g/mol. The third kappa shape index (κ3) is 5.35. The zero-order chi connectivity index (χ0) is 17.5. The highest BCUT2D eigenvalue weighted by molar-refractivity contribution is 5.99. The largest absolute Gasteiger partial charge is 0.496 e. The number of nitrogens with one attached hydrogen (secondary N) is 2. The number of carbonyl (C=O) groups excluding carboxylic acids is 2. The first-order chi connectivity index (χ1) is 10.8. The predicted molar refractivity (Wildman–Crippen MR) is 75.6 cm³/mol. The van der Waals surface area contributed by atoms with Crippen LogP contribution in [0.25, 0.3) is 0 Å². The van der Waals surface area contributed by atoms with Crippen LogP contribution in [-0.4, -0.2) is 45.3 Å². The summed E-state index contributed by atoms with van der Waals surface area (Å²) in [6.45, 7) is -0.125. The van der Waals surface area contributed by atoms with E-state index in [1.807, 2.05) is 0 Å². The van der Waals surface area contributed by atoms with Gasteiger partial charge in [0.05, 0.1) is 14.2 Å². The number of benzene rings is 1. The van der Waals surface area contributed by atoms with E-state index >= 15 is 0 Å². The molecule has 128 valence electrons. The molecule has 0 unspecified atom stereocenters. The minimum atomic E-state index is -4.91. The van der Waals surface area contributed by atoms with Gasteiger partial charge in [-0.1, -0.05) is 6.07 Å². The normalized spacial score (nSPS) is 10.8. The van der Waals surface area contributed by atoms with E-state index in [0.29, 0.717) is 11.5 Å². The van der Waals surface area contributed by atoms with Crippen molar-refractivity contribution in [3.8, 4) is 11.5 Å². The van der Waals surface area contributed by atoms with E-state index < -0.39 is 18.0 Å². The Morgan fingerprint density at radius 2 is 1.57 bits per heavy atom. The molecule has 9 heteroatoms. The van der Waals surface area contributed by atoms with Gasteiger partial charge in [0.25, 0.3) is 5.91 Å². The molecule has 0 aromatic heterocycles. The summed E-state index contributed by atoms with van der Waals surface area (Å²) in [7, 11) is 2.80. The van der Waals surface area contributed by atoms with Gasteiger partial charge in [-0.2, -0.15) is 13.2 Å². The van der Waals surface area contributed by atoms with Crippen LogP contribution in [0.15, 0.2) is 18.2 Å². The molecule has 0 radical (unpaired) electrons. The molecule has 0 heterocycles. The average Bonchev–Trinajstić information content (AvgIpc) is 2.52. The van der Waals surface area contributed by atoms with Crippen LogP contribution in [0, 0.1) is 0 Å². The lowest BCUT2D eigenvalue weighted by molar-refractivity contribution is -0.173. The highest BCUT2D eigenvalue weighted by Gasteiger charge is 2.38. The number of amides is 2. The van der Waals surface area contributed by atoms with Gasteiger partial charge in [-0.15, -0.1) is 0 Å². The van der Waals surface area contributed by atoms with Crippen molar-refractivity contribution in [1.82, 2.24) is 10.6 Å². The summed E-state index contributed by atoms with van der Waals surface area (Å²) in [6.07, 6.45) is -4.76. The number of hydrogen-bond acceptors (Lipinski definition) is 4. The molecular formula is C14H17F3N2O4. The Kier molecular flexibility index (Phi) is 6.67. The molecule has 6 nitrogen and oxygen atoms in total. The molecule has 0 saturated carbocycles. The van der Waals surface area contributed by atoms with Crippen LogP contribution in [0.3, 0.4) is 0 Å². The minimum absolute atomic E-state index is 0.0815. The lowest BCUT2D eigenvalue weighted by Gasteiger charge is -2.13. The number of carbonyl (C=O) groups is 2. The maximum absolute atomic E-state index is 12.1. The first-order valence-corrected chi connectivity index (χ1v) is 6.65. The van der Waals surface area contributed by atoms with Crippen LogP contribution >= 0.6 is 0 Å². The predicted octanol–water partition coefficient (Wildman–Crippen LogP) is 1.50. The first-order valence-electron chi connectivity index (χ1n) is 6.65. The second-order valence-electron chi connectivity index (χ2n) is 4.40. The van der Waals surface area contributed by atoms with E-state index in [-0.39, 0.29) is 25.1 Å². The van der Waals surface area contributed by atoms with Gasteiger partial charge in [0.1, 0.15) is 17.1 Å². The molecule has 1 aromatic carbocycles. The standard InChI is InChI=1S/C14H17F3N2O4/c1-22-9-5-3-6-10(23-2)11(9)12(20)18-7-4-8-19-13(21)14(15,16)17/h3,5-6H,4,7-8H2,1-2H3,(H,18,20)(H,19,21). The maximum Gasteiger partial charge on any atom is 0.471 e. The number of hydrogen-bond donors (Lipinski definition) is 2. The molecule has 0 atom stereocenters. The molecule has 0 saturated heterocycles. The molecule has 0 aliphatic carbocycles. The number of alkyl halides is 3. The summed E-state index contributed by atoms with van der Waals surface area (Å²) in [5.41, 5.74) is 0.192. The van der Waals surface area contributed by atoms with Crippen LogP contribution < -0.4 is 20.1 Å². The van der Waals surface area contributed by atoms with Crippen molar-refractivity contribution in [1.29, 1.82) is 0 Å². The summed E-state index contributed by atoms with van der Waals surface area (Å²) in [5, 5.41) is 4.25. The van der Waals surface area contributed by atoms with Gasteiger partial charge < -0.3 is 20.1 Å². The average molecular weight is 334 g/mol. The van der Waals surface area contributed by atoms with E-state index in [1.54, 1.807) is 23.5 Å². The highest BCUT2D eigenvalue weighted by Crippen LogP contribution is 2.27. The molecule has 0 spiro atoms. The summed E-state index contributed by atoms with van der Waals surface area (Å²) >= 11 is 0. The zero-order valence-electron chi connectivity index (χ0n) is 12.6. The van der Waals surface area contributed by atoms with E-state index in [4.69, 9.17) is 9.47 Å². The summed E-state index contributed by atoms with van der Waals surface area (Å²) in [6, 6.07) is 4.82. The van der Waals surface area contributed by atoms with E-state index in [1.165, 1.54) is 14.2 Å². The number of rotatable bonds is 7. The van der Waals surface area contributed by atoms with Gasteiger partial charge in [0.2, 0.25) is 0 Å². The van der Waals surface area contributed by atoms with Gasteiger partial charge in [-0.05, 0) is 18.6 Å². The topological polar surface area (TPSA) is 76.7 Å². The van der Waals surface area contributed by atoms with Gasteiger partial charge in [-0.25, -0.2) is 0 Å². The van der Waals surface area contributed by atoms with Crippen molar-refractivity contribution in [2.45, 2.75) is 12.6 Å². The zero-order valence-corrected chi connectivity index (χ0v) is 12.6. The minimum Gasteiger partial charge on any atom is -0.496 e. The fourth-order valence-electron chi connectivity index (χ4n) is 1.76. The van der Waals surface area contributed by atoms with Gasteiger partial charge in [0.15, 0.2) is 0 Å². The van der Waals surface area contributed by atoms with Gasteiger partial charge in [-0.3, -0.25) is 9.59 Å².